The number of halogens is 4. The van der Waals surface area contributed by atoms with Crippen LogP contribution in [0.4, 0.5) is 23.5 Å². The van der Waals surface area contributed by atoms with Crippen LogP contribution in [-0.2, 0) is 28.9 Å². The molecule has 0 unspecified atom stereocenters. The van der Waals surface area contributed by atoms with Crippen molar-refractivity contribution in [2.75, 3.05) is 18.0 Å². The second-order valence-electron chi connectivity index (χ2n) is 7.94. The average molecular weight is 524 g/mol. The van der Waals surface area contributed by atoms with Crippen LogP contribution in [0.2, 0.25) is 0 Å². The van der Waals surface area contributed by atoms with E-state index in [1.807, 2.05) is 0 Å². The quantitative estimate of drug-likeness (QED) is 0.391. The lowest BCUT2D eigenvalue weighted by atomic mass is 9.97. The zero-order chi connectivity index (χ0) is 26.0. The standard InChI is InChI=1S/C23H20F4N4O4S/c1-13(32)35-12-20-28-21(29-22(34)31(20)10-16-6-7-19(36-16)23(25,26)27)30-9-8-17(18(33)11-30)14-2-4-15(24)5-3-14/h2-8,18,33H,9-12H2,1H3/t18-/m0/s1. The lowest BCUT2D eigenvalue weighted by Crippen LogP contribution is -2.41. The Morgan fingerprint density at radius 2 is 1.92 bits per heavy atom. The zero-order valence-corrected chi connectivity index (χ0v) is 19.6. The van der Waals surface area contributed by atoms with Crippen LogP contribution in [-0.4, -0.2) is 44.8 Å². The lowest BCUT2D eigenvalue weighted by Gasteiger charge is -2.30. The summed E-state index contributed by atoms with van der Waals surface area (Å²) in [6.45, 7) is 0.778. The molecule has 4 rings (SSSR count). The van der Waals surface area contributed by atoms with Gasteiger partial charge in [-0.1, -0.05) is 18.2 Å². The van der Waals surface area contributed by atoms with Gasteiger partial charge in [0.15, 0.2) is 5.82 Å². The van der Waals surface area contributed by atoms with Gasteiger partial charge < -0.3 is 14.7 Å². The molecule has 13 heteroatoms. The lowest BCUT2D eigenvalue weighted by molar-refractivity contribution is -0.142. The molecular formula is C23H20F4N4O4S. The molecular weight excluding hydrogens is 504 g/mol. The van der Waals surface area contributed by atoms with Gasteiger partial charge in [-0.05, 0) is 35.4 Å². The van der Waals surface area contributed by atoms with Crippen molar-refractivity contribution in [1.82, 2.24) is 14.5 Å². The van der Waals surface area contributed by atoms with Crippen LogP contribution in [0.15, 0.2) is 47.3 Å². The van der Waals surface area contributed by atoms with Crippen molar-refractivity contribution < 1.29 is 32.2 Å². The first-order chi connectivity index (χ1) is 17.0. The molecule has 0 saturated carbocycles. The highest BCUT2D eigenvalue weighted by Crippen LogP contribution is 2.35. The largest absolute Gasteiger partial charge is 0.458 e. The Morgan fingerprint density at radius 1 is 1.19 bits per heavy atom. The number of nitrogens with zero attached hydrogens (tertiary/aromatic N) is 4. The summed E-state index contributed by atoms with van der Waals surface area (Å²) in [5.41, 5.74) is 0.425. The molecule has 0 radical (unpaired) electrons. The van der Waals surface area contributed by atoms with Gasteiger partial charge in [-0.3, -0.25) is 9.36 Å². The highest BCUT2D eigenvalue weighted by Gasteiger charge is 2.32. The Hall–Kier alpha value is -3.58. The number of aliphatic hydroxyl groups is 1. The fraction of sp³-hybridized carbons (Fsp3) is 0.304. The first-order valence-corrected chi connectivity index (χ1v) is 11.5. The van der Waals surface area contributed by atoms with Gasteiger partial charge in [0.1, 0.15) is 17.3 Å². The molecule has 1 aliphatic rings. The van der Waals surface area contributed by atoms with Crippen LogP contribution in [0, 0.1) is 5.82 Å². The number of carbonyl (C=O) groups is 1. The molecule has 1 aromatic carbocycles. The van der Waals surface area contributed by atoms with Crippen molar-refractivity contribution >= 4 is 28.8 Å². The minimum absolute atomic E-state index is 0.00930. The van der Waals surface area contributed by atoms with Crippen LogP contribution >= 0.6 is 11.3 Å². The van der Waals surface area contributed by atoms with Crippen LogP contribution in [0.25, 0.3) is 5.57 Å². The second-order valence-corrected chi connectivity index (χ2v) is 9.11. The number of hydrogen-bond donors (Lipinski definition) is 1. The van der Waals surface area contributed by atoms with E-state index < -0.39 is 41.2 Å². The van der Waals surface area contributed by atoms with Gasteiger partial charge >= 0.3 is 17.8 Å². The number of thiophene rings is 1. The number of anilines is 1. The maximum absolute atomic E-state index is 13.2. The van der Waals surface area contributed by atoms with E-state index in [4.69, 9.17) is 4.74 Å². The molecule has 0 aliphatic carbocycles. The molecule has 0 saturated heterocycles. The smallest absolute Gasteiger partial charge is 0.425 e. The summed E-state index contributed by atoms with van der Waals surface area (Å²) in [5.74, 6) is -1.08. The van der Waals surface area contributed by atoms with Crippen LogP contribution in [0.5, 0.6) is 0 Å². The molecule has 2 aromatic heterocycles. The summed E-state index contributed by atoms with van der Waals surface area (Å²) in [4.78, 5) is 33.5. The third-order valence-electron chi connectivity index (χ3n) is 5.37. The SMILES string of the molecule is CC(=O)OCc1nc(N2CC=C(c3ccc(F)cc3)[C@@H](O)C2)nc(=O)n1Cc1ccc(C(F)(F)F)s1. The fourth-order valence-corrected chi connectivity index (χ4v) is 4.51. The first-order valence-electron chi connectivity index (χ1n) is 10.7. The molecule has 36 heavy (non-hydrogen) atoms. The molecule has 0 amide bonds. The van der Waals surface area contributed by atoms with Crippen LogP contribution < -0.4 is 10.6 Å². The summed E-state index contributed by atoms with van der Waals surface area (Å²) in [7, 11) is 0. The molecule has 1 atom stereocenters. The molecule has 0 fully saturated rings. The second kappa shape index (κ2) is 10.2. The first kappa shape index (κ1) is 25.5. The van der Waals surface area contributed by atoms with E-state index in [0.717, 1.165) is 10.6 Å². The Morgan fingerprint density at radius 3 is 2.53 bits per heavy atom. The summed E-state index contributed by atoms with van der Waals surface area (Å²) in [6.07, 6.45) is -3.80. The number of aromatic nitrogens is 3. The molecule has 1 N–H and O–H groups in total. The number of aliphatic hydroxyl groups excluding tert-OH is 1. The van der Waals surface area contributed by atoms with E-state index in [1.165, 1.54) is 30.0 Å². The minimum atomic E-state index is -4.51. The number of alkyl halides is 3. The Balaban J connectivity index is 1.62. The molecule has 8 nitrogen and oxygen atoms in total. The number of ether oxygens (including phenoxy) is 1. The van der Waals surface area contributed by atoms with Gasteiger partial charge in [0, 0.05) is 18.3 Å². The maximum Gasteiger partial charge on any atom is 0.425 e. The number of esters is 1. The predicted octanol–water partition coefficient (Wildman–Crippen LogP) is 3.23. The number of carbonyl (C=O) groups excluding carboxylic acids is 1. The average Bonchev–Trinajstić information content (AvgIpc) is 3.29. The Kier molecular flexibility index (Phi) is 7.22. The van der Waals surface area contributed by atoms with Gasteiger partial charge in [0.25, 0.3) is 0 Å². The number of rotatable bonds is 6. The summed E-state index contributed by atoms with van der Waals surface area (Å²) >= 11 is 0.485. The molecule has 0 spiro atoms. The van der Waals surface area contributed by atoms with Crippen molar-refractivity contribution in [3.8, 4) is 0 Å². The predicted molar refractivity (Wildman–Crippen MR) is 123 cm³/mol. The van der Waals surface area contributed by atoms with Crippen LogP contribution in [0.1, 0.15) is 28.1 Å². The fourth-order valence-electron chi connectivity index (χ4n) is 3.65. The third-order valence-corrected chi connectivity index (χ3v) is 6.49. The Bertz CT molecular complexity index is 1350. The van der Waals surface area contributed by atoms with Gasteiger partial charge in [-0.25, -0.2) is 9.18 Å². The van der Waals surface area contributed by atoms with Gasteiger partial charge in [-0.15, -0.1) is 11.3 Å². The summed E-state index contributed by atoms with van der Waals surface area (Å²) in [5, 5.41) is 10.7. The maximum atomic E-state index is 13.2. The van der Waals surface area contributed by atoms with E-state index in [-0.39, 0.29) is 36.3 Å². The van der Waals surface area contributed by atoms with E-state index in [9.17, 15) is 32.3 Å². The number of hydrogen-bond acceptors (Lipinski definition) is 8. The van der Waals surface area contributed by atoms with Crippen LogP contribution in [0.3, 0.4) is 0 Å². The molecule has 190 valence electrons. The van der Waals surface area contributed by atoms with Crippen molar-refractivity contribution in [1.29, 1.82) is 0 Å². The zero-order valence-electron chi connectivity index (χ0n) is 18.8. The molecule has 3 heterocycles. The van der Waals surface area contributed by atoms with E-state index >= 15 is 0 Å². The monoisotopic (exact) mass is 524 g/mol. The Labute approximate surface area is 206 Å². The van der Waals surface area contributed by atoms with Gasteiger partial charge in [0.05, 0.1) is 19.2 Å². The van der Waals surface area contributed by atoms with Crippen molar-refractivity contribution in [3.05, 3.63) is 79.9 Å². The molecule has 1 aliphatic heterocycles. The van der Waals surface area contributed by atoms with Crippen molar-refractivity contribution in [2.24, 2.45) is 0 Å². The number of benzene rings is 1. The summed E-state index contributed by atoms with van der Waals surface area (Å²) in [6, 6.07) is 7.83. The molecule has 0 bridgehead atoms. The van der Waals surface area contributed by atoms with E-state index in [1.54, 1.807) is 18.2 Å². The highest BCUT2D eigenvalue weighted by atomic mass is 32.1. The van der Waals surface area contributed by atoms with E-state index in [2.05, 4.69) is 9.97 Å². The minimum Gasteiger partial charge on any atom is -0.458 e. The topological polar surface area (TPSA) is 97.6 Å². The van der Waals surface area contributed by atoms with Crippen molar-refractivity contribution in [2.45, 2.75) is 32.4 Å². The normalized spacial score (nSPS) is 16.1. The number of β-amino-alcohol motifs (C(OH)–C–C–N with tert-alkyl or cyclic N) is 1. The van der Waals surface area contributed by atoms with Gasteiger partial charge in [-0.2, -0.15) is 23.1 Å². The molecule has 3 aromatic rings. The highest BCUT2D eigenvalue weighted by molar-refractivity contribution is 7.12. The van der Waals surface area contributed by atoms with Crippen molar-refractivity contribution in [3.63, 3.8) is 0 Å². The van der Waals surface area contributed by atoms with Gasteiger partial charge in [0.2, 0.25) is 5.95 Å². The van der Waals surface area contributed by atoms with E-state index in [0.29, 0.717) is 22.5 Å². The summed E-state index contributed by atoms with van der Waals surface area (Å²) < 4.78 is 58.2. The third kappa shape index (κ3) is 5.79.